The molecule has 0 aliphatic carbocycles. The second-order valence-corrected chi connectivity index (χ2v) is 7.01. The monoisotopic (exact) mass is 340 g/mol. The maximum absolute atomic E-state index is 13.3. The summed E-state index contributed by atoms with van der Waals surface area (Å²) in [5, 5.41) is 10.3. The fourth-order valence-electron chi connectivity index (χ4n) is 3.23. The highest BCUT2D eigenvalue weighted by atomic mass is 16.3. The molecule has 25 heavy (non-hydrogen) atoms. The predicted molar refractivity (Wildman–Crippen MR) is 102 cm³/mol. The Hall–Kier alpha value is -2.33. The van der Waals surface area contributed by atoms with E-state index in [2.05, 4.69) is 4.90 Å². The minimum Gasteiger partial charge on any atom is -0.508 e. The number of hydrogen-bond donors (Lipinski definition) is 1. The molecule has 0 fully saturated rings. The average molecular weight is 340 g/mol. The number of nitrogens with zero attached hydrogens (tertiary/aromatic N) is 2. The number of benzene rings is 2. The number of rotatable bonds is 7. The SMILES string of the molecule is CN(C)CCC(Cc1ccccc1O)(C(=O)N(C)C)c1ccccc1. The van der Waals surface area contributed by atoms with Gasteiger partial charge in [-0.3, -0.25) is 4.79 Å². The minimum atomic E-state index is -0.714. The van der Waals surface area contributed by atoms with E-state index in [9.17, 15) is 9.90 Å². The van der Waals surface area contributed by atoms with Gasteiger partial charge in [0.2, 0.25) is 5.91 Å². The number of carbonyl (C=O) groups is 1. The van der Waals surface area contributed by atoms with Crippen molar-refractivity contribution in [2.24, 2.45) is 0 Å². The van der Waals surface area contributed by atoms with Crippen LogP contribution in [0.1, 0.15) is 17.5 Å². The van der Waals surface area contributed by atoms with Gasteiger partial charge in [-0.15, -0.1) is 0 Å². The number of aromatic hydroxyl groups is 1. The van der Waals surface area contributed by atoms with E-state index in [0.29, 0.717) is 12.8 Å². The van der Waals surface area contributed by atoms with Gasteiger partial charge in [-0.2, -0.15) is 0 Å². The van der Waals surface area contributed by atoms with Crippen LogP contribution in [0.2, 0.25) is 0 Å². The van der Waals surface area contributed by atoms with Crippen LogP contribution in [0.25, 0.3) is 0 Å². The zero-order valence-corrected chi connectivity index (χ0v) is 15.6. The van der Waals surface area contributed by atoms with Crippen molar-refractivity contribution in [3.63, 3.8) is 0 Å². The first-order valence-corrected chi connectivity index (χ1v) is 8.56. The molecule has 0 radical (unpaired) electrons. The highest BCUT2D eigenvalue weighted by Crippen LogP contribution is 2.36. The van der Waals surface area contributed by atoms with Crippen molar-refractivity contribution in [1.29, 1.82) is 0 Å². The number of phenols is 1. The van der Waals surface area contributed by atoms with Gasteiger partial charge in [0.1, 0.15) is 5.75 Å². The maximum atomic E-state index is 13.3. The Morgan fingerprint density at radius 2 is 1.56 bits per heavy atom. The second kappa shape index (κ2) is 8.17. The van der Waals surface area contributed by atoms with Gasteiger partial charge in [0.15, 0.2) is 0 Å². The molecule has 0 aromatic heterocycles. The van der Waals surface area contributed by atoms with Crippen molar-refractivity contribution >= 4 is 5.91 Å². The molecule has 134 valence electrons. The summed E-state index contributed by atoms with van der Waals surface area (Å²) in [6, 6.07) is 17.2. The third-order valence-corrected chi connectivity index (χ3v) is 4.61. The Morgan fingerprint density at radius 3 is 2.12 bits per heavy atom. The molecule has 2 aromatic rings. The van der Waals surface area contributed by atoms with Gasteiger partial charge in [-0.05, 0) is 50.7 Å². The lowest BCUT2D eigenvalue weighted by Gasteiger charge is -2.36. The van der Waals surface area contributed by atoms with E-state index in [1.165, 1.54) is 0 Å². The third kappa shape index (κ3) is 4.40. The van der Waals surface area contributed by atoms with Gasteiger partial charge in [0.05, 0.1) is 5.41 Å². The van der Waals surface area contributed by atoms with Crippen LogP contribution in [0.5, 0.6) is 5.75 Å². The fraction of sp³-hybridized carbons (Fsp3) is 0.381. The van der Waals surface area contributed by atoms with Crippen molar-refractivity contribution in [2.45, 2.75) is 18.3 Å². The Bertz CT molecular complexity index is 698. The van der Waals surface area contributed by atoms with Gasteiger partial charge in [0.25, 0.3) is 0 Å². The number of phenolic OH excluding ortho intramolecular Hbond substituents is 1. The molecule has 0 saturated carbocycles. The Kier molecular flexibility index (Phi) is 6.21. The predicted octanol–water partition coefficient (Wildman–Crippen LogP) is 2.91. The first-order chi connectivity index (χ1) is 11.9. The van der Waals surface area contributed by atoms with E-state index in [1.54, 1.807) is 31.1 Å². The van der Waals surface area contributed by atoms with Gasteiger partial charge < -0.3 is 14.9 Å². The van der Waals surface area contributed by atoms with Gasteiger partial charge in [-0.1, -0.05) is 48.5 Å². The van der Waals surface area contributed by atoms with Crippen LogP contribution in [-0.4, -0.2) is 55.5 Å². The summed E-state index contributed by atoms with van der Waals surface area (Å²) in [6.07, 6.45) is 1.14. The highest BCUT2D eigenvalue weighted by Gasteiger charge is 2.41. The zero-order chi connectivity index (χ0) is 18.4. The molecule has 0 spiro atoms. The molecule has 1 unspecified atom stereocenters. The van der Waals surface area contributed by atoms with Crippen LogP contribution < -0.4 is 0 Å². The van der Waals surface area contributed by atoms with E-state index in [4.69, 9.17) is 0 Å². The first kappa shape index (κ1) is 19.0. The summed E-state index contributed by atoms with van der Waals surface area (Å²) in [5.74, 6) is 0.294. The summed E-state index contributed by atoms with van der Waals surface area (Å²) < 4.78 is 0. The lowest BCUT2D eigenvalue weighted by Crippen LogP contribution is -2.47. The van der Waals surface area contributed by atoms with Crippen LogP contribution in [0, 0.1) is 0 Å². The summed E-state index contributed by atoms with van der Waals surface area (Å²) in [5.41, 5.74) is 1.06. The van der Waals surface area contributed by atoms with Crippen molar-refractivity contribution in [1.82, 2.24) is 9.80 Å². The van der Waals surface area contributed by atoms with E-state index >= 15 is 0 Å². The summed E-state index contributed by atoms with van der Waals surface area (Å²) in [6.45, 7) is 0.780. The molecular weight excluding hydrogens is 312 g/mol. The molecule has 2 aromatic carbocycles. The molecule has 4 nitrogen and oxygen atoms in total. The van der Waals surface area contributed by atoms with E-state index in [1.807, 2.05) is 56.6 Å². The maximum Gasteiger partial charge on any atom is 0.233 e. The van der Waals surface area contributed by atoms with E-state index < -0.39 is 5.41 Å². The van der Waals surface area contributed by atoms with E-state index in [-0.39, 0.29) is 11.7 Å². The molecular formula is C21H28N2O2. The highest BCUT2D eigenvalue weighted by molar-refractivity contribution is 5.88. The summed E-state index contributed by atoms with van der Waals surface area (Å²) in [4.78, 5) is 17.1. The number of likely N-dealkylation sites (N-methyl/N-ethyl adjacent to an activating group) is 1. The Balaban J connectivity index is 2.57. The summed E-state index contributed by atoms with van der Waals surface area (Å²) >= 11 is 0. The number of hydrogen-bond acceptors (Lipinski definition) is 3. The topological polar surface area (TPSA) is 43.8 Å². The van der Waals surface area contributed by atoms with Crippen molar-refractivity contribution in [3.8, 4) is 5.75 Å². The molecule has 0 aliphatic rings. The minimum absolute atomic E-state index is 0.0591. The van der Waals surface area contributed by atoms with E-state index in [0.717, 1.165) is 17.7 Å². The standard InChI is InChI=1S/C21H28N2O2/c1-22(2)15-14-21(20(25)23(3)4,18-11-6-5-7-12-18)16-17-10-8-9-13-19(17)24/h5-13,24H,14-16H2,1-4H3. The molecule has 0 saturated heterocycles. The molecule has 0 bridgehead atoms. The Morgan fingerprint density at radius 1 is 0.960 bits per heavy atom. The molecule has 1 atom stereocenters. The molecule has 0 aliphatic heterocycles. The molecule has 0 heterocycles. The summed E-state index contributed by atoms with van der Waals surface area (Å²) in [7, 11) is 7.60. The van der Waals surface area contributed by atoms with Gasteiger partial charge >= 0.3 is 0 Å². The largest absolute Gasteiger partial charge is 0.508 e. The zero-order valence-electron chi connectivity index (χ0n) is 15.6. The van der Waals surface area contributed by atoms with Crippen molar-refractivity contribution in [3.05, 3.63) is 65.7 Å². The second-order valence-electron chi connectivity index (χ2n) is 7.01. The first-order valence-electron chi connectivity index (χ1n) is 8.56. The number of carbonyl (C=O) groups excluding carboxylic acids is 1. The normalized spacial score (nSPS) is 13.5. The van der Waals surface area contributed by atoms with Crippen LogP contribution in [-0.2, 0) is 16.6 Å². The molecule has 2 rings (SSSR count). The molecule has 4 heteroatoms. The van der Waals surface area contributed by atoms with Crippen LogP contribution >= 0.6 is 0 Å². The Labute approximate surface area is 150 Å². The fourth-order valence-corrected chi connectivity index (χ4v) is 3.23. The average Bonchev–Trinajstić information content (AvgIpc) is 2.60. The number of amides is 1. The van der Waals surface area contributed by atoms with Gasteiger partial charge in [-0.25, -0.2) is 0 Å². The number of para-hydroxylation sites is 1. The van der Waals surface area contributed by atoms with Gasteiger partial charge in [0, 0.05) is 14.1 Å². The van der Waals surface area contributed by atoms with Crippen molar-refractivity contribution < 1.29 is 9.90 Å². The van der Waals surface area contributed by atoms with Crippen LogP contribution in [0.15, 0.2) is 54.6 Å². The molecule has 1 N–H and O–H groups in total. The molecule has 1 amide bonds. The van der Waals surface area contributed by atoms with Crippen LogP contribution in [0.4, 0.5) is 0 Å². The lowest BCUT2D eigenvalue weighted by molar-refractivity contribution is -0.135. The lowest BCUT2D eigenvalue weighted by atomic mass is 9.71. The quantitative estimate of drug-likeness (QED) is 0.843. The van der Waals surface area contributed by atoms with Crippen LogP contribution in [0.3, 0.4) is 0 Å². The smallest absolute Gasteiger partial charge is 0.233 e. The van der Waals surface area contributed by atoms with Crippen molar-refractivity contribution in [2.75, 3.05) is 34.7 Å². The third-order valence-electron chi connectivity index (χ3n) is 4.61.